The first-order valence-corrected chi connectivity index (χ1v) is 9.01. The van der Waals surface area contributed by atoms with Gasteiger partial charge in [-0.15, -0.1) is 11.3 Å². The average Bonchev–Trinajstić information content (AvgIpc) is 2.91. The summed E-state index contributed by atoms with van der Waals surface area (Å²) in [6.45, 7) is 5.49. The maximum absolute atomic E-state index is 3.75. The number of thiophene rings is 1. The summed E-state index contributed by atoms with van der Waals surface area (Å²) in [6, 6.07) is 11.8. The molecule has 0 amide bonds. The van der Waals surface area contributed by atoms with Gasteiger partial charge in [0.2, 0.25) is 0 Å². The molecule has 3 rings (SSSR count). The van der Waals surface area contributed by atoms with E-state index in [1.54, 1.807) is 10.4 Å². The third-order valence-corrected chi connectivity index (χ3v) is 5.58. The molecule has 0 spiro atoms. The topological polar surface area (TPSA) is 12.0 Å². The quantitative estimate of drug-likeness (QED) is 0.817. The van der Waals surface area contributed by atoms with Crippen LogP contribution in [0.2, 0.25) is 0 Å². The third kappa shape index (κ3) is 3.38. The monoisotopic (exact) mass is 299 g/mol. The number of rotatable bonds is 5. The second kappa shape index (κ2) is 6.76. The highest BCUT2D eigenvalue weighted by Crippen LogP contribution is 2.35. The van der Waals surface area contributed by atoms with E-state index in [2.05, 4.69) is 49.5 Å². The van der Waals surface area contributed by atoms with Crippen LogP contribution in [0.15, 0.2) is 30.3 Å². The van der Waals surface area contributed by atoms with Crippen LogP contribution in [0, 0.1) is 6.92 Å². The lowest BCUT2D eigenvalue weighted by Crippen LogP contribution is -2.22. The van der Waals surface area contributed by atoms with Crippen molar-refractivity contribution < 1.29 is 0 Å². The molecule has 1 aromatic heterocycles. The van der Waals surface area contributed by atoms with Gasteiger partial charge in [0, 0.05) is 9.75 Å². The molecule has 1 atom stereocenters. The minimum absolute atomic E-state index is 0.362. The highest BCUT2D eigenvalue weighted by atomic mass is 32.1. The van der Waals surface area contributed by atoms with Crippen molar-refractivity contribution in [3.63, 3.8) is 0 Å². The summed E-state index contributed by atoms with van der Waals surface area (Å²) in [5, 5.41) is 3.75. The molecule has 0 bridgehead atoms. The normalized spacial score (nSPS) is 15.7. The van der Waals surface area contributed by atoms with E-state index < -0.39 is 0 Å². The molecule has 1 aliphatic rings. The Morgan fingerprint density at radius 1 is 1.19 bits per heavy atom. The fraction of sp³-hybridized carbons (Fsp3) is 0.474. The van der Waals surface area contributed by atoms with Gasteiger partial charge in [-0.1, -0.05) is 36.8 Å². The number of nitrogens with one attached hydrogen (secondary N) is 1. The van der Waals surface area contributed by atoms with Crippen LogP contribution >= 0.6 is 11.3 Å². The van der Waals surface area contributed by atoms with Gasteiger partial charge in [0.15, 0.2) is 0 Å². The molecular formula is C19H25NS. The van der Waals surface area contributed by atoms with Crippen LogP contribution in [-0.2, 0) is 12.8 Å². The van der Waals surface area contributed by atoms with Gasteiger partial charge in [0.1, 0.15) is 0 Å². The van der Waals surface area contributed by atoms with Gasteiger partial charge in [0.05, 0.1) is 6.04 Å². The minimum atomic E-state index is 0.362. The lowest BCUT2D eigenvalue weighted by molar-refractivity contribution is 0.605. The molecule has 0 aliphatic heterocycles. The van der Waals surface area contributed by atoms with Crippen molar-refractivity contribution in [2.24, 2.45) is 0 Å². The van der Waals surface area contributed by atoms with E-state index in [1.807, 2.05) is 11.3 Å². The van der Waals surface area contributed by atoms with Crippen molar-refractivity contribution in [2.75, 3.05) is 6.54 Å². The maximum atomic E-state index is 3.75. The predicted octanol–water partition coefficient (Wildman–Crippen LogP) is 5.02. The van der Waals surface area contributed by atoms with Gasteiger partial charge in [-0.05, 0) is 62.8 Å². The van der Waals surface area contributed by atoms with Gasteiger partial charge in [-0.25, -0.2) is 0 Å². The molecular weight excluding hydrogens is 274 g/mol. The lowest BCUT2D eigenvalue weighted by Gasteiger charge is -2.18. The van der Waals surface area contributed by atoms with E-state index >= 15 is 0 Å². The molecule has 1 N–H and O–H groups in total. The summed E-state index contributed by atoms with van der Waals surface area (Å²) < 4.78 is 0. The largest absolute Gasteiger partial charge is 0.306 e. The van der Waals surface area contributed by atoms with Crippen LogP contribution in [0.3, 0.4) is 0 Å². The molecule has 1 aromatic carbocycles. The van der Waals surface area contributed by atoms with Crippen molar-refractivity contribution in [1.29, 1.82) is 0 Å². The molecule has 2 aromatic rings. The Balaban J connectivity index is 1.93. The molecule has 1 nitrogen and oxygen atoms in total. The van der Waals surface area contributed by atoms with Gasteiger partial charge in [0.25, 0.3) is 0 Å². The molecule has 2 heteroatoms. The number of hydrogen-bond donors (Lipinski definition) is 1. The number of aryl methyl sites for hydroxylation is 3. The van der Waals surface area contributed by atoms with Gasteiger partial charge in [-0.2, -0.15) is 0 Å². The lowest BCUT2D eigenvalue weighted by atomic mass is 9.97. The minimum Gasteiger partial charge on any atom is -0.306 e. The van der Waals surface area contributed by atoms with Crippen LogP contribution in [-0.4, -0.2) is 6.54 Å². The second-order valence-corrected chi connectivity index (χ2v) is 7.27. The summed E-state index contributed by atoms with van der Waals surface area (Å²) in [5.41, 5.74) is 4.36. The molecule has 21 heavy (non-hydrogen) atoms. The molecule has 1 unspecified atom stereocenters. The number of fused-ring (bicyclic) bond motifs is 1. The van der Waals surface area contributed by atoms with Crippen LogP contribution in [0.4, 0.5) is 0 Å². The Labute approximate surface area is 132 Å². The van der Waals surface area contributed by atoms with Crippen LogP contribution in [0.5, 0.6) is 0 Å². The molecule has 1 aliphatic carbocycles. The van der Waals surface area contributed by atoms with E-state index in [4.69, 9.17) is 0 Å². The van der Waals surface area contributed by atoms with E-state index in [1.165, 1.54) is 48.1 Å². The Morgan fingerprint density at radius 2 is 2.05 bits per heavy atom. The molecule has 112 valence electrons. The van der Waals surface area contributed by atoms with Crippen LogP contribution in [0.1, 0.15) is 58.7 Å². The zero-order chi connectivity index (χ0) is 14.7. The van der Waals surface area contributed by atoms with Crippen LogP contribution < -0.4 is 5.32 Å². The average molecular weight is 299 g/mol. The van der Waals surface area contributed by atoms with Crippen molar-refractivity contribution >= 4 is 11.3 Å². The SMILES string of the molecule is CCCNC(c1cccc(C)c1)c1cc2c(s1)CCCC2. The highest BCUT2D eigenvalue weighted by Gasteiger charge is 2.20. The van der Waals surface area contributed by atoms with E-state index in [-0.39, 0.29) is 0 Å². The smallest absolute Gasteiger partial charge is 0.0671 e. The van der Waals surface area contributed by atoms with E-state index in [0.717, 1.165) is 6.54 Å². The predicted molar refractivity (Wildman–Crippen MR) is 92.3 cm³/mol. The maximum Gasteiger partial charge on any atom is 0.0671 e. The Bertz CT molecular complexity index is 576. The van der Waals surface area contributed by atoms with Crippen molar-refractivity contribution in [3.05, 3.63) is 56.8 Å². The first kappa shape index (κ1) is 14.8. The molecule has 1 heterocycles. The molecule has 0 saturated carbocycles. The van der Waals surface area contributed by atoms with E-state index in [0.29, 0.717) is 6.04 Å². The summed E-state index contributed by atoms with van der Waals surface area (Å²) in [6.07, 6.45) is 6.47. The molecule has 0 saturated heterocycles. The Kier molecular flexibility index (Phi) is 4.77. The van der Waals surface area contributed by atoms with E-state index in [9.17, 15) is 0 Å². The Morgan fingerprint density at radius 3 is 2.81 bits per heavy atom. The summed E-state index contributed by atoms with van der Waals surface area (Å²) in [5.74, 6) is 0. The summed E-state index contributed by atoms with van der Waals surface area (Å²) in [7, 11) is 0. The summed E-state index contributed by atoms with van der Waals surface area (Å²) in [4.78, 5) is 3.13. The number of benzene rings is 1. The number of hydrogen-bond acceptors (Lipinski definition) is 2. The van der Waals surface area contributed by atoms with Gasteiger partial charge < -0.3 is 5.32 Å². The fourth-order valence-electron chi connectivity index (χ4n) is 3.18. The fourth-order valence-corrected chi connectivity index (χ4v) is 4.54. The van der Waals surface area contributed by atoms with Gasteiger partial charge >= 0.3 is 0 Å². The van der Waals surface area contributed by atoms with Gasteiger partial charge in [-0.3, -0.25) is 0 Å². The first-order chi connectivity index (χ1) is 10.3. The second-order valence-electron chi connectivity index (χ2n) is 6.11. The Hall–Kier alpha value is -1.12. The standard InChI is InChI=1S/C19H25NS/c1-3-11-20-19(16-9-6-7-14(2)12-16)18-13-15-8-4-5-10-17(15)21-18/h6-7,9,12-13,19-20H,3-5,8,10-11H2,1-2H3. The third-order valence-electron chi connectivity index (χ3n) is 4.27. The first-order valence-electron chi connectivity index (χ1n) is 8.19. The zero-order valence-corrected chi connectivity index (χ0v) is 13.9. The zero-order valence-electron chi connectivity index (χ0n) is 13.1. The van der Waals surface area contributed by atoms with Crippen LogP contribution in [0.25, 0.3) is 0 Å². The van der Waals surface area contributed by atoms with Crippen molar-refractivity contribution in [1.82, 2.24) is 5.32 Å². The van der Waals surface area contributed by atoms with Crippen molar-refractivity contribution in [2.45, 2.75) is 52.0 Å². The summed E-state index contributed by atoms with van der Waals surface area (Å²) >= 11 is 2.03. The van der Waals surface area contributed by atoms with Crippen molar-refractivity contribution in [3.8, 4) is 0 Å². The highest BCUT2D eigenvalue weighted by molar-refractivity contribution is 7.12. The molecule has 0 fully saturated rings. The molecule has 0 radical (unpaired) electrons.